The number of hydrogen-bond donors (Lipinski definition) is 0. The summed E-state index contributed by atoms with van der Waals surface area (Å²) < 4.78 is 10.7. The number of carbonyl (C=O) groups is 4. The van der Waals surface area contributed by atoms with Gasteiger partial charge in [-0.2, -0.15) is 0 Å². The van der Waals surface area contributed by atoms with Crippen molar-refractivity contribution in [3.8, 4) is 0 Å². The van der Waals surface area contributed by atoms with Gasteiger partial charge in [-0.25, -0.2) is 4.79 Å². The van der Waals surface area contributed by atoms with E-state index in [0.29, 0.717) is 44.8 Å². The molecule has 2 aromatic rings. The molecule has 0 aliphatic carbocycles. The van der Waals surface area contributed by atoms with Gasteiger partial charge in [0.1, 0.15) is 18.8 Å². The molecule has 2 atom stereocenters. The standard InChI is InChI=1S/C24H23N3O6/c28-14-21(29)23-20-4-2-1-3-16(20)11-25(23)12-19-13-27(24(31)33-19)18-7-5-17(6-8-18)26-9-10-32-15-22(26)30/h1-8,14,19,23H,9-13,15H2. The average molecular weight is 449 g/mol. The maximum Gasteiger partial charge on any atom is 0.414 e. The third kappa shape index (κ3) is 4.01. The molecule has 0 saturated carbocycles. The van der Waals surface area contributed by atoms with E-state index in [9.17, 15) is 19.2 Å². The number of cyclic esters (lactones) is 1. The molecule has 2 saturated heterocycles. The minimum atomic E-state index is -0.656. The minimum Gasteiger partial charge on any atom is -0.443 e. The maximum absolute atomic E-state index is 12.6. The van der Waals surface area contributed by atoms with Crippen LogP contribution >= 0.6 is 0 Å². The van der Waals surface area contributed by atoms with Crippen molar-refractivity contribution in [2.75, 3.05) is 42.6 Å². The van der Waals surface area contributed by atoms with Crippen molar-refractivity contribution in [1.82, 2.24) is 4.90 Å². The molecule has 0 N–H and O–H groups in total. The highest BCUT2D eigenvalue weighted by atomic mass is 16.6. The van der Waals surface area contributed by atoms with Gasteiger partial charge in [0.25, 0.3) is 5.91 Å². The summed E-state index contributed by atoms with van der Waals surface area (Å²) in [5, 5.41) is 0. The molecule has 2 unspecified atom stereocenters. The van der Waals surface area contributed by atoms with Crippen molar-refractivity contribution in [3.05, 3.63) is 59.7 Å². The Bertz CT molecular complexity index is 1100. The Morgan fingerprint density at radius 1 is 1.03 bits per heavy atom. The molecule has 170 valence electrons. The van der Waals surface area contributed by atoms with E-state index < -0.39 is 24.0 Å². The predicted molar refractivity (Wildman–Crippen MR) is 118 cm³/mol. The fourth-order valence-electron chi connectivity index (χ4n) is 4.71. The van der Waals surface area contributed by atoms with Gasteiger partial charge in [0, 0.05) is 31.0 Å². The molecule has 2 fully saturated rings. The summed E-state index contributed by atoms with van der Waals surface area (Å²) in [6.45, 7) is 2.21. The fourth-order valence-corrected chi connectivity index (χ4v) is 4.71. The number of morpholine rings is 1. The number of amides is 2. The quantitative estimate of drug-likeness (QED) is 0.489. The summed E-state index contributed by atoms with van der Waals surface area (Å²) in [5.74, 6) is -0.602. The molecule has 0 bridgehead atoms. The predicted octanol–water partition coefficient (Wildman–Crippen LogP) is 1.70. The zero-order chi connectivity index (χ0) is 22.9. The topological polar surface area (TPSA) is 96.5 Å². The van der Waals surface area contributed by atoms with Crippen LogP contribution in [0.25, 0.3) is 0 Å². The Hall–Kier alpha value is -3.56. The summed E-state index contributed by atoms with van der Waals surface area (Å²) in [4.78, 5) is 53.3. The number of aldehydes is 1. The third-order valence-electron chi connectivity index (χ3n) is 6.25. The molecule has 2 amide bonds. The average Bonchev–Trinajstić information content (AvgIpc) is 3.38. The number of rotatable bonds is 6. The lowest BCUT2D eigenvalue weighted by atomic mass is 10.0. The molecule has 5 rings (SSSR count). The van der Waals surface area contributed by atoms with E-state index in [-0.39, 0.29) is 12.5 Å². The lowest BCUT2D eigenvalue weighted by molar-refractivity contribution is -0.133. The van der Waals surface area contributed by atoms with E-state index in [1.165, 1.54) is 4.90 Å². The van der Waals surface area contributed by atoms with Gasteiger partial charge in [-0.05, 0) is 35.4 Å². The molecule has 3 aliphatic heterocycles. The highest BCUT2D eigenvalue weighted by molar-refractivity contribution is 6.27. The van der Waals surface area contributed by atoms with Crippen molar-refractivity contribution < 1.29 is 28.7 Å². The van der Waals surface area contributed by atoms with Crippen molar-refractivity contribution in [1.29, 1.82) is 0 Å². The molecule has 0 spiro atoms. The first-order chi connectivity index (χ1) is 16.0. The number of Topliss-reactive ketones (excluding diaryl/α,β-unsaturated/α-hetero) is 1. The summed E-state index contributed by atoms with van der Waals surface area (Å²) >= 11 is 0. The van der Waals surface area contributed by atoms with Gasteiger partial charge in [-0.3, -0.25) is 24.2 Å². The highest BCUT2D eigenvalue weighted by Crippen LogP contribution is 2.35. The molecule has 9 heteroatoms. The Labute approximate surface area is 190 Å². The first kappa shape index (κ1) is 21.3. The fraction of sp³-hybridized carbons (Fsp3) is 0.333. The van der Waals surface area contributed by atoms with E-state index >= 15 is 0 Å². The summed E-state index contributed by atoms with van der Waals surface area (Å²) in [6.07, 6.45) is -0.563. The van der Waals surface area contributed by atoms with Crippen LogP contribution < -0.4 is 9.80 Å². The largest absolute Gasteiger partial charge is 0.443 e. The maximum atomic E-state index is 12.6. The molecule has 2 aromatic carbocycles. The second-order valence-electron chi connectivity index (χ2n) is 8.28. The van der Waals surface area contributed by atoms with E-state index in [1.807, 2.05) is 29.2 Å². The van der Waals surface area contributed by atoms with E-state index in [1.54, 1.807) is 29.2 Å². The van der Waals surface area contributed by atoms with Crippen LogP contribution in [-0.4, -0.2) is 67.9 Å². The van der Waals surface area contributed by atoms with E-state index in [0.717, 1.165) is 16.8 Å². The number of anilines is 2. The first-order valence-electron chi connectivity index (χ1n) is 10.8. The number of carbonyl (C=O) groups excluding carboxylic acids is 4. The Kier molecular flexibility index (Phi) is 5.65. The molecule has 3 aliphatic rings. The minimum absolute atomic E-state index is 0.0653. The molecular weight excluding hydrogens is 426 g/mol. The monoisotopic (exact) mass is 449 g/mol. The van der Waals surface area contributed by atoms with Gasteiger partial charge in [0.15, 0.2) is 6.29 Å². The van der Waals surface area contributed by atoms with Crippen LogP contribution in [0.2, 0.25) is 0 Å². The van der Waals surface area contributed by atoms with Crippen LogP contribution in [0.15, 0.2) is 48.5 Å². The zero-order valence-corrected chi connectivity index (χ0v) is 17.9. The molecule has 9 nitrogen and oxygen atoms in total. The van der Waals surface area contributed by atoms with E-state index in [2.05, 4.69) is 0 Å². The Morgan fingerprint density at radius 2 is 1.76 bits per heavy atom. The molecule has 0 aromatic heterocycles. The summed E-state index contributed by atoms with van der Waals surface area (Å²) in [5.41, 5.74) is 3.23. The number of ether oxygens (including phenoxy) is 2. The highest BCUT2D eigenvalue weighted by Gasteiger charge is 2.40. The van der Waals surface area contributed by atoms with Gasteiger partial charge in [0.2, 0.25) is 5.78 Å². The van der Waals surface area contributed by atoms with Crippen molar-refractivity contribution >= 4 is 35.4 Å². The SMILES string of the molecule is O=CC(=O)C1c2ccccc2CN1CC1CN(c2ccc(N3CCOCC3=O)cc2)C(=O)O1. The van der Waals surface area contributed by atoms with Crippen LogP contribution in [0, 0.1) is 0 Å². The number of hydrogen-bond acceptors (Lipinski definition) is 7. The Morgan fingerprint density at radius 3 is 2.48 bits per heavy atom. The molecule has 33 heavy (non-hydrogen) atoms. The summed E-state index contributed by atoms with van der Waals surface area (Å²) in [7, 11) is 0. The molecular formula is C24H23N3O6. The number of nitrogens with zero attached hydrogens (tertiary/aromatic N) is 3. The normalized spacial score (nSPS) is 22.9. The zero-order valence-electron chi connectivity index (χ0n) is 17.9. The number of ketones is 1. The van der Waals surface area contributed by atoms with Crippen molar-refractivity contribution in [2.24, 2.45) is 0 Å². The number of benzene rings is 2. The van der Waals surface area contributed by atoms with Crippen LogP contribution in [-0.2, 0) is 30.4 Å². The van der Waals surface area contributed by atoms with E-state index in [4.69, 9.17) is 9.47 Å². The van der Waals surface area contributed by atoms with Crippen LogP contribution in [0.5, 0.6) is 0 Å². The lowest BCUT2D eigenvalue weighted by Crippen LogP contribution is -2.41. The molecule has 3 heterocycles. The van der Waals surface area contributed by atoms with Crippen molar-refractivity contribution in [3.63, 3.8) is 0 Å². The van der Waals surface area contributed by atoms with Gasteiger partial charge in [0.05, 0.1) is 13.2 Å². The second-order valence-corrected chi connectivity index (χ2v) is 8.28. The molecule has 0 radical (unpaired) electrons. The van der Waals surface area contributed by atoms with Gasteiger partial charge >= 0.3 is 6.09 Å². The third-order valence-corrected chi connectivity index (χ3v) is 6.25. The summed E-state index contributed by atoms with van der Waals surface area (Å²) in [6, 6.07) is 14.1. The van der Waals surface area contributed by atoms with Crippen molar-refractivity contribution in [2.45, 2.75) is 18.7 Å². The van der Waals surface area contributed by atoms with Crippen LogP contribution in [0.3, 0.4) is 0 Å². The first-order valence-corrected chi connectivity index (χ1v) is 10.8. The number of fused-ring (bicyclic) bond motifs is 1. The van der Waals surface area contributed by atoms with Gasteiger partial charge < -0.3 is 14.4 Å². The van der Waals surface area contributed by atoms with Gasteiger partial charge in [-0.1, -0.05) is 24.3 Å². The lowest BCUT2D eigenvalue weighted by Gasteiger charge is -2.27. The smallest absolute Gasteiger partial charge is 0.414 e. The van der Waals surface area contributed by atoms with Gasteiger partial charge in [-0.15, -0.1) is 0 Å². The second kappa shape index (κ2) is 8.76. The van der Waals surface area contributed by atoms with Crippen LogP contribution in [0.1, 0.15) is 17.2 Å². The Balaban J connectivity index is 1.27. The van der Waals surface area contributed by atoms with Crippen LogP contribution in [0.4, 0.5) is 16.2 Å².